The zero-order valence-corrected chi connectivity index (χ0v) is 18.9. The van der Waals surface area contributed by atoms with Crippen molar-refractivity contribution in [3.8, 4) is 17.1 Å². The fraction of sp³-hybridized carbons (Fsp3) is 0.429. The number of nitrogens with zero attached hydrogens (tertiary/aromatic N) is 5. The molecule has 8 nitrogen and oxygen atoms in total. The van der Waals surface area contributed by atoms with Gasteiger partial charge in [0, 0.05) is 19.2 Å². The van der Waals surface area contributed by atoms with Crippen LogP contribution in [0.2, 0.25) is 0 Å². The number of hydrogen-bond donors (Lipinski definition) is 1. The smallest absolute Gasteiger partial charge is 0.234 e. The van der Waals surface area contributed by atoms with E-state index in [-0.39, 0.29) is 11.7 Å². The van der Waals surface area contributed by atoms with Crippen LogP contribution in [0.4, 0.5) is 5.69 Å². The molecule has 2 aromatic heterocycles. The Labute approximate surface area is 181 Å². The van der Waals surface area contributed by atoms with Crippen molar-refractivity contribution >= 4 is 23.4 Å². The fourth-order valence-electron chi connectivity index (χ4n) is 3.13. The predicted molar refractivity (Wildman–Crippen MR) is 119 cm³/mol. The lowest BCUT2D eigenvalue weighted by atomic mass is 10.2. The van der Waals surface area contributed by atoms with Crippen LogP contribution >= 0.6 is 11.8 Å². The lowest BCUT2D eigenvalue weighted by Crippen LogP contribution is -2.16. The minimum Gasteiger partial charge on any atom is -0.497 e. The quantitative estimate of drug-likeness (QED) is 0.521. The van der Waals surface area contributed by atoms with E-state index in [1.165, 1.54) is 11.8 Å². The van der Waals surface area contributed by atoms with E-state index >= 15 is 0 Å². The van der Waals surface area contributed by atoms with Crippen molar-refractivity contribution in [2.75, 3.05) is 18.2 Å². The van der Waals surface area contributed by atoms with Gasteiger partial charge in [0.2, 0.25) is 5.91 Å². The molecular formula is C21H28N6O2S. The number of amides is 1. The highest BCUT2D eigenvalue weighted by atomic mass is 32.2. The Balaban J connectivity index is 1.74. The lowest BCUT2D eigenvalue weighted by Gasteiger charge is -2.10. The van der Waals surface area contributed by atoms with Crippen LogP contribution < -0.4 is 10.1 Å². The van der Waals surface area contributed by atoms with E-state index in [9.17, 15) is 4.79 Å². The predicted octanol–water partition coefficient (Wildman–Crippen LogP) is 3.83. The minimum absolute atomic E-state index is 0.0877. The Morgan fingerprint density at radius 2 is 1.93 bits per heavy atom. The summed E-state index contributed by atoms with van der Waals surface area (Å²) in [5, 5.41) is 16.8. The molecule has 0 spiro atoms. The number of nitrogens with one attached hydrogen (secondary N) is 1. The monoisotopic (exact) mass is 428 g/mol. The summed E-state index contributed by atoms with van der Waals surface area (Å²) in [6.07, 6.45) is 2.07. The summed E-state index contributed by atoms with van der Waals surface area (Å²) in [7, 11) is 3.51. The van der Waals surface area contributed by atoms with Crippen molar-refractivity contribution in [3.63, 3.8) is 0 Å². The van der Waals surface area contributed by atoms with Crippen molar-refractivity contribution in [3.05, 3.63) is 35.7 Å². The van der Waals surface area contributed by atoms with Gasteiger partial charge >= 0.3 is 0 Å². The molecule has 1 amide bonds. The first-order chi connectivity index (χ1) is 14.4. The summed E-state index contributed by atoms with van der Waals surface area (Å²) >= 11 is 1.39. The summed E-state index contributed by atoms with van der Waals surface area (Å²) in [4.78, 5) is 12.5. The molecule has 0 atom stereocenters. The summed E-state index contributed by atoms with van der Waals surface area (Å²) in [6, 6.07) is 7.76. The van der Waals surface area contributed by atoms with Crippen LogP contribution in [0.5, 0.6) is 5.75 Å². The van der Waals surface area contributed by atoms with Gasteiger partial charge in [0.25, 0.3) is 0 Å². The maximum atomic E-state index is 12.5. The van der Waals surface area contributed by atoms with Gasteiger partial charge in [-0.1, -0.05) is 25.1 Å². The van der Waals surface area contributed by atoms with E-state index < -0.39 is 0 Å². The third kappa shape index (κ3) is 4.84. The second kappa shape index (κ2) is 9.80. The Morgan fingerprint density at radius 1 is 1.20 bits per heavy atom. The standard InChI is InChI=1S/C21H28N6O2S/c1-6-7-12-27-20(16-8-10-17(29-5)11-9-16)23-24-21(27)30-13-18(28)22-19-14(2)25-26(4)15(19)3/h8-11H,6-7,12-13H2,1-5H3,(H,22,28). The van der Waals surface area contributed by atoms with E-state index in [1.807, 2.05) is 45.2 Å². The molecule has 0 unspecified atom stereocenters. The molecule has 0 fully saturated rings. The van der Waals surface area contributed by atoms with Crippen LogP contribution in [0.3, 0.4) is 0 Å². The Kier molecular flexibility index (Phi) is 7.15. The number of rotatable bonds is 9. The molecule has 0 bridgehead atoms. The van der Waals surface area contributed by atoms with Crippen LogP contribution in [-0.4, -0.2) is 43.3 Å². The highest BCUT2D eigenvalue weighted by molar-refractivity contribution is 7.99. The van der Waals surface area contributed by atoms with Gasteiger partial charge in [-0.3, -0.25) is 9.48 Å². The third-order valence-corrected chi connectivity index (χ3v) is 5.87. The van der Waals surface area contributed by atoms with Gasteiger partial charge in [-0.2, -0.15) is 5.10 Å². The van der Waals surface area contributed by atoms with Gasteiger partial charge < -0.3 is 14.6 Å². The molecule has 3 aromatic rings. The second-order valence-corrected chi connectivity index (χ2v) is 7.99. The molecule has 0 saturated heterocycles. The highest BCUT2D eigenvalue weighted by Crippen LogP contribution is 2.26. The Hall–Kier alpha value is -2.81. The summed E-state index contributed by atoms with van der Waals surface area (Å²) in [5.74, 6) is 1.76. The topological polar surface area (TPSA) is 86.9 Å². The number of anilines is 1. The van der Waals surface area contributed by atoms with Crippen LogP contribution in [-0.2, 0) is 18.4 Å². The maximum absolute atomic E-state index is 12.5. The molecule has 3 rings (SSSR count). The average Bonchev–Trinajstić information content (AvgIpc) is 3.26. The molecule has 0 aliphatic rings. The van der Waals surface area contributed by atoms with Gasteiger partial charge in [0.1, 0.15) is 5.75 Å². The number of methoxy groups -OCH3 is 1. The summed E-state index contributed by atoms with van der Waals surface area (Å²) in [6.45, 7) is 6.77. The number of benzene rings is 1. The van der Waals surface area contributed by atoms with E-state index in [1.54, 1.807) is 11.8 Å². The highest BCUT2D eigenvalue weighted by Gasteiger charge is 2.17. The zero-order chi connectivity index (χ0) is 21.7. The molecule has 30 heavy (non-hydrogen) atoms. The van der Waals surface area contributed by atoms with Gasteiger partial charge in [-0.25, -0.2) is 0 Å². The van der Waals surface area contributed by atoms with E-state index in [2.05, 4.69) is 32.1 Å². The van der Waals surface area contributed by atoms with Crippen LogP contribution in [0.15, 0.2) is 29.4 Å². The summed E-state index contributed by atoms with van der Waals surface area (Å²) < 4.78 is 9.09. The number of hydrogen-bond acceptors (Lipinski definition) is 6. The van der Waals surface area contributed by atoms with Gasteiger partial charge in [0.05, 0.1) is 29.9 Å². The van der Waals surface area contributed by atoms with Crippen molar-refractivity contribution in [1.82, 2.24) is 24.5 Å². The lowest BCUT2D eigenvalue weighted by molar-refractivity contribution is -0.113. The average molecular weight is 429 g/mol. The van der Waals surface area contributed by atoms with Crippen LogP contribution in [0, 0.1) is 13.8 Å². The van der Waals surface area contributed by atoms with Crippen LogP contribution in [0.25, 0.3) is 11.4 Å². The molecular weight excluding hydrogens is 400 g/mol. The molecule has 0 radical (unpaired) electrons. The Morgan fingerprint density at radius 3 is 2.53 bits per heavy atom. The number of carbonyl (C=O) groups excluding carboxylic acids is 1. The van der Waals surface area contributed by atoms with E-state index in [4.69, 9.17) is 4.74 Å². The molecule has 0 saturated carbocycles. The van der Waals surface area contributed by atoms with Gasteiger partial charge in [-0.05, 0) is 44.5 Å². The largest absolute Gasteiger partial charge is 0.497 e. The zero-order valence-electron chi connectivity index (χ0n) is 18.1. The SMILES string of the molecule is CCCCn1c(SCC(=O)Nc2c(C)nn(C)c2C)nnc1-c1ccc(OC)cc1. The molecule has 160 valence electrons. The Bertz CT molecular complexity index is 1010. The number of thioether (sulfide) groups is 1. The van der Waals surface area contributed by atoms with Gasteiger partial charge in [0.15, 0.2) is 11.0 Å². The third-order valence-electron chi connectivity index (χ3n) is 4.91. The molecule has 0 aliphatic heterocycles. The second-order valence-electron chi connectivity index (χ2n) is 7.05. The normalized spacial score (nSPS) is 11.0. The molecule has 1 aromatic carbocycles. The number of unbranched alkanes of at least 4 members (excludes halogenated alkanes) is 1. The number of aromatic nitrogens is 5. The summed E-state index contributed by atoms with van der Waals surface area (Å²) in [5.41, 5.74) is 3.48. The van der Waals surface area contributed by atoms with Crippen LogP contribution in [0.1, 0.15) is 31.2 Å². The first-order valence-electron chi connectivity index (χ1n) is 9.95. The minimum atomic E-state index is -0.0877. The number of carbonyl (C=O) groups is 1. The first-order valence-corrected chi connectivity index (χ1v) is 10.9. The van der Waals surface area contributed by atoms with Gasteiger partial charge in [-0.15, -0.1) is 10.2 Å². The van der Waals surface area contributed by atoms with E-state index in [0.717, 1.165) is 58.8 Å². The molecule has 2 heterocycles. The molecule has 0 aliphatic carbocycles. The first kappa shape index (κ1) is 21.9. The van der Waals surface area contributed by atoms with Crippen molar-refractivity contribution in [2.24, 2.45) is 7.05 Å². The van der Waals surface area contributed by atoms with Crippen molar-refractivity contribution in [2.45, 2.75) is 45.3 Å². The molecule has 1 N–H and O–H groups in total. The maximum Gasteiger partial charge on any atom is 0.234 e. The van der Waals surface area contributed by atoms with Crippen molar-refractivity contribution in [1.29, 1.82) is 0 Å². The number of aryl methyl sites for hydroxylation is 2. The molecule has 9 heteroatoms. The van der Waals surface area contributed by atoms with E-state index in [0.29, 0.717) is 0 Å². The fourth-order valence-corrected chi connectivity index (χ4v) is 3.89. The number of ether oxygens (including phenoxy) is 1. The van der Waals surface area contributed by atoms with Crippen molar-refractivity contribution < 1.29 is 9.53 Å².